The van der Waals surface area contributed by atoms with Gasteiger partial charge in [-0.1, -0.05) is 0 Å². The quantitative estimate of drug-likeness (QED) is 0.741. The minimum Gasteiger partial charge on any atom is -0.493 e. The van der Waals surface area contributed by atoms with Gasteiger partial charge in [0, 0.05) is 18.7 Å². The minimum absolute atomic E-state index is 0.0540. The highest BCUT2D eigenvalue weighted by Crippen LogP contribution is 2.28. The topological polar surface area (TPSA) is 73.9 Å². The van der Waals surface area contributed by atoms with Crippen LogP contribution < -0.4 is 14.8 Å². The van der Waals surface area contributed by atoms with E-state index in [9.17, 15) is 9.59 Å². The molecule has 0 unspecified atom stereocenters. The van der Waals surface area contributed by atoms with Gasteiger partial charge in [0.05, 0.1) is 13.2 Å². The second kappa shape index (κ2) is 8.53. The SMILES string of the molecule is COc1cc(C(C)=O)ccc1OCC(=O)NCC[C@@H]1CCCO1. The number of nitrogens with one attached hydrogen (secondary N) is 1. The predicted octanol–water partition coefficient (Wildman–Crippen LogP) is 1.96. The van der Waals surface area contributed by atoms with E-state index in [0.717, 1.165) is 25.9 Å². The third-order valence-electron chi connectivity index (χ3n) is 3.74. The zero-order valence-electron chi connectivity index (χ0n) is 13.6. The van der Waals surface area contributed by atoms with Crippen molar-refractivity contribution < 1.29 is 23.8 Å². The average Bonchev–Trinajstić information content (AvgIpc) is 3.06. The van der Waals surface area contributed by atoms with Gasteiger partial charge in [0.1, 0.15) is 0 Å². The van der Waals surface area contributed by atoms with Gasteiger partial charge in [-0.15, -0.1) is 0 Å². The van der Waals surface area contributed by atoms with Gasteiger partial charge in [0.15, 0.2) is 23.9 Å². The summed E-state index contributed by atoms with van der Waals surface area (Å²) in [4.78, 5) is 23.1. The molecule has 23 heavy (non-hydrogen) atoms. The molecule has 6 nitrogen and oxygen atoms in total. The van der Waals surface area contributed by atoms with Crippen molar-refractivity contribution in [1.82, 2.24) is 5.32 Å². The molecule has 1 atom stereocenters. The summed E-state index contributed by atoms with van der Waals surface area (Å²) in [5.74, 6) is 0.624. The molecule has 0 spiro atoms. The molecular formula is C17H23NO5. The third-order valence-corrected chi connectivity index (χ3v) is 3.74. The summed E-state index contributed by atoms with van der Waals surface area (Å²) in [6, 6.07) is 4.89. The summed E-state index contributed by atoms with van der Waals surface area (Å²) >= 11 is 0. The van der Waals surface area contributed by atoms with Crippen LogP contribution in [0.5, 0.6) is 11.5 Å². The molecule has 1 fully saturated rings. The lowest BCUT2D eigenvalue weighted by atomic mass is 10.1. The van der Waals surface area contributed by atoms with Crippen molar-refractivity contribution in [3.63, 3.8) is 0 Å². The molecule has 0 radical (unpaired) electrons. The van der Waals surface area contributed by atoms with Crippen molar-refractivity contribution in [2.45, 2.75) is 32.3 Å². The number of ketones is 1. The van der Waals surface area contributed by atoms with E-state index in [2.05, 4.69) is 5.32 Å². The predicted molar refractivity (Wildman–Crippen MR) is 85.1 cm³/mol. The molecule has 0 aromatic heterocycles. The van der Waals surface area contributed by atoms with Crippen LogP contribution >= 0.6 is 0 Å². The van der Waals surface area contributed by atoms with Crippen molar-refractivity contribution in [3.05, 3.63) is 23.8 Å². The summed E-state index contributed by atoms with van der Waals surface area (Å²) < 4.78 is 16.2. The smallest absolute Gasteiger partial charge is 0.257 e. The van der Waals surface area contributed by atoms with Gasteiger partial charge >= 0.3 is 0 Å². The van der Waals surface area contributed by atoms with Crippen LogP contribution in [0.1, 0.15) is 36.5 Å². The molecule has 1 aliphatic heterocycles. The van der Waals surface area contributed by atoms with Gasteiger partial charge in [0.25, 0.3) is 5.91 Å². The van der Waals surface area contributed by atoms with Crippen LogP contribution in [0.3, 0.4) is 0 Å². The Morgan fingerprint density at radius 2 is 2.17 bits per heavy atom. The van der Waals surface area contributed by atoms with Gasteiger partial charge in [-0.3, -0.25) is 9.59 Å². The Morgan fingerprint density at radius 3 is 2.83 bits per heavy atom. The minimum atomic E-state index is -0.194. The van der Waals surface area contributed by atoms with Gasteiger partial charge in [-0.2, -0.15) is 0 Å². The zero-order valence-corrected chi connectivity index (χ0v) is 13.6. The Bertz CT molecular complexity index is 552. The average molecular weight is 321 g/mol. The third kappa shape index (κ3) is 5.25. The lowest BCUT2D eigenvalue weighted by molar-refractivity contribution is -0.123. The maximum Gasteiger partial charge on any atom is 0.257 e. The van der Waals surface area contributed by atoms with Crippen LogP contribution in [0.25, 0.3) is 0 Å². The van der Waals surface area contributed by atoms with E-state index in [1.54, 1.807) is 18.2 Å². The van der Waals surface area contributed by atoms with E-state index in [1.807, 2.05) is 0 Å². The summed E-state index contributed by atoms with van der Waals surface area (Å²) in [5, 5.41) is 2.81. The standard InChI is InChI=1S/C17H23NO5/c1-12(19)13-5-6-15(16(10-13)21-2)23-11-17(20)18-8-7-14-4-3-9-22-14/h5-6,10,14H,3-4,7-9,11H2,1-2H3,(H,18,20)/t14-/m0/s1. The number of amides is 1. The van der Waals surface area contributed by atoms with Crippen molar-refractivity contribution in [1.29, 1.82) is 0 Å². The lowest BCUT2D eigenvalue weighted by Gasteiger charge is -2.12. The molecule has 6 heteroatoms. The molecular weight excluding hydrogens is 298 g/mol. The number of hydrogen-bond donors (Lipinski definition) is 1. The zero-order chi connectivity index (χ0) is 16.7. The summed E-state index contributed by atoms with van der Waals surface area (Å²) in [5.41, 5.74) is 0.537. The highest BCUT2D eigenvalue weighted by molar-refractivity contribution is 5.94. The molecule has 1 aromatic carbocycles. The fraction of sp³-hybridized carbons (Fsp3) is 0.529. The second-order valence-electron chi connectivity index (χ2n) is 5.48. The largest absolute Gasteiger partial charge is 0.493 e. The van der Waals surface area contributed by atoms with E-state index in [4.69, 9.17) is 14.2 Å². The monoisotopic (exact) mass is 321 g/mol. The van der Waals surface area contributed by atoms with Crippen molar-refractivity contribution in [2.75, 3.05) is 26.9 Å². The molecule has 0 aliphatic carbocycles. The number of carbonyl (C=O) groups excluding carboxylic acids is 2. The molecule has 1 heterocycles. The number of methoxy groups -OCH3 is 1. The fourth-order valence-electron chi connectivity index (χ4n) is 2.44. The Morgan fingerprint density at radius 1 is 1.35 bits per heavy atom. The first-order chi connectivity index (χ1) is 11.1. The maximum absolute atomic E-state index is 11.8. The molecule has 1 N–H and O–H groups in total. The van der Waals surface area contributed by atoms with Gasteiger partial charge < -0.3 is 19.5 Å². The molecule has 1 saturated heterocycles. The highest BCUT2D eigenvalue weighted by atomic mass is 16.5. The first-order valence-electron chi connectivity index (χ1n) is 7.80. The van der Waals surface area contributed by atoms with Crippen molar-refractivity contribution in [3.8, 4) is 11.5 Å². The van der Waals surface area contributed by atoms with Crippen LogP contribution in [-0.4, -0.2) is 44.7 Å². The number of carbonyl (C=O) groups is 2. The molecule has 0 saturated carbocycles. The highest BCUT2D eigenvalue weighted by Gasteiger charge is 2.15. The van der Waals surface area contributed by atoms with Gasteiger partial charge in [0.2, 0.25) is 0 Å². The van der Waals surface area contributed by atoms with E-state index in [0.29, 0.717) is 23.6 Å². The van der Waals surface area contributed by atoms with Crippen LogP contribution in [0.2, 0.25) is 0 Å². The lowest BCUT2D eigenvalue weighted by Crippen LogP contribution is -2.31. The molecule has 1 amide bonds. The molecule has 1 aliphatic rings. The first kappa shape index (κ1) is 17.3. The number of hydrogen-bond acceptors (Lipinski definition) is 5. The summed E-state index contributed by atoms with van der Waals surface area (Å²) in [6.45, 7) is 2.78. The number of benzene rings is 1. The maximum atomic E-state index is 11.8. The fourth-order valence-corrected chi connectivity index (χ4v) is 2.44. The summed E-state index contributed by atoms with van der Waals surface area (Å²) in [6.07, 6.45) is 3.24. The molecule has 0 bridgehead atoms. The van der Waals surface area contributed by atoms with Gasteiger partial charge in [-0.25, -0.2) is 0 Å². The van der Waals surface area contributed by atoms with Crippen molar-refractivity contribution >= 4 is 11.7 Å². The normalized spacial score (nSPS) is 16.9. The van der Waals surface area contributed by atoms with E-state index < -0.39 is 0 Å². The number of rotatable bonds is 8. The molecule has 126 valence electrons. The number of ether oxygens (including phenoxy) is 3. The second-order valence-corrected chi connectivity index (χ2v) is 5.48. The van der Waals surface area contributed by atoms with Crippen LogP contribution in [0.15, 0.2) is 18.2 Å². The van der Waals surface area contributed by atoms with Gasteiger partial charge in [-0.05, 0) is 44.4 Å². The Labute approximate surface area is 136 Å². The van der Waals surface area contributed by atoms with E-state index >= 15 is 0 Å². The van der Waals surface area contributed by atoms with E-state index in [1.165, 1.54) is 14.0 Å². The molecule has 2 rings (SSSR count). The van der Waals surface area contributed by atoms with Crippen LogP contribution in [-0.2, 0) is 9.53 Å². The first-order valence-corrected chi connectivity index (χ1v) is 7.80. The van der Waals surface area contributed by atoms with Crippen molar-refractivity contribution in [2.24, 2.45) is 0 Å². The Hall–Kier alpha value is -2.08. The van der Waals surface area contributed by atoms with Crippen LogP contribution in [0, 0.1) is 0 Å². The van der Waals surface area contributed by atoms with Crippen LogP contribution in [0.4, 0.5) is 0 Å². The summed E-state index contributed by atoms with van der Waals surface area (Å²) in [7, 11) is 1.49. The van der Waals surface area contributed by atoms with E-state index in [-0.39, 0.29) is 24.4 Å². The Balaban J connectivity index is 1.77. The Kier molecular flexibility index (Phi) is 6.40. The molecule has 1 aromatic rings. The number of Topliss-reactive ketones (excluding diaryl/α,β-unsaturated/α-hetero) is 1.